The zero-order valence-corrected chi connectivity index (χ0v) is 30.4. The maximum Gasteiger partial charge on any atom is 0.354 e. The topological polar surface area (TPSA) is 123 Å². The van der Waals surface area contributed by atoms with E-state index in [9.17, 15) is 15.0 Å². The van der Waals surface area contributed by atoms with Crippen molar-refractivity contribution in [2.45, 2.75) is 64.6 Å². The number of ether oxygens (including phenoxy) is 1. The number of carbonyl (C=O) groups is 1. The van der Waals surface area contributed by atoms with Gasteiger partial charge in [-0.1, -0.05) is 23.7 Å². The van der Waals surface area contributed by atoms with Crippen LogP contribution in [0.5, 0.6) is 5.75 Å². The molecule has 0 atom stereocenters. The molecule has 2 N–H and O–H groups in total. The van der Waals surface area contributed by atoms with Gasteiger partial charge >= 0.3 is 5.97 Å². The van der Waals surface area contributed by atoms with E-state index in [-0.39, 0.29) is 12.4 Å². The Morgan fingerprint density at radius 1 is 1.04 bits per heavy atom. The average Bonchev–Trinajstić information content (AvgIpc) is 3.75. The van der Waals surface area contributed by atoms with Crippen molar-refractivity contribution in [3.05, 3.63) is 93.3 Å². The van der Waals surface area contributed by atoms with Crippen LogP contribution >= 0.6 is 11.6 Å². The summed E-state index contributed by atoms with van der Waals surface area (Å²) in [6, 6.07) is 13.8. The summed E-state index contributed by atoms with van der Waals surface area (Å²) in [6.07, 6.45) is 7.32. The summed E-state index contributed by atoms with van der Waals surface area (Å²) in [7, 11) is 7.33. The van der Waals surface area contributed by atoms with Crippen molar-refractivity contribution >= 4 is 39.4 Å². The molecular weight excluding hydrogens is 666 g/mol. The molecule has 12 heteroatoms. The van der Waals surface area contributed by atoms with Crippen LogP contribution < -0.4 is 0 Å². The van der Waals surface area contributed by atoms with Crippen LogP contribution in [0.1, 0.15) is 63.7 Å². The summed E-state index contributed by atoms with van der Waals surface area (Å²) in [6.45, 7) is 2.06. The first-order valence-electron chi connectivity index (χ1n) is 17.5. The SMILES string of the molecule is COC(=O)c1c(CCCO)c2ccc(Cl)c(-c3c(CN(C)Cc4cc(CCc5cc(O)c6ncccc6c5)n(C)n4)nn4c3CCCC4)c2n1C. The molecule has 0 saturated carbocycles. The van der Waals surface area contributed by atoms with Gasteiger partial charge in [-0.15, -0.1) is 0 Å². The Bertz CT molecular complexity index is 2250. The maximum absolute atomic E-state index is 13.1. The fourth-order valence-electron chi connectivity index (χ4n) is 7.77. The van der Waals surface area contributed by atoms with Gasteiger partial charge in [0.25, 0.3) is 0 Å². The number of carbonyl (C=O) groups excluding carboxylic acids is 1. The van der Waals surface area contributed by atoms with Crippen LogP contribution in [0, 0.1) is 0 Å². The summed E-state index contributed by atoms with van der Waals surface area (Å²) in [5.74, 6) is -0.213. The molecule has 266 valence electrons. The first-order chi connectivity index (χ1) is 24.7. The van der Waals surface area contributed by atoms with Gasteiger partial charge in [0.1, 0.15) is 17.0 Å². The second-order valence-corrected chi connectivity index (χ2v) is 14.0. The van der Waals surface area contributed by atoms with Crippen LogP contribution in [-0.4, -0.2) is 71.0 Å². The molecule has 0 spiro atoms. The molecule has 0 aliphatic carbocycles. The summed E-state index contributed by atoms with van der Waals surface area (Å²) in [5, 5.41) is 32.6. The molecule has 0 saturated heterocycles. The Morgan fingerprint density at radius 2 is 1.88 bits per heavy atom. The lowest BCUT2D eigenvalue weighted by molar-refractivity contribution is 0.0589. The third kappa shape index (κ3) is 6.61. The number of halogens is 1. The minimum Gasteiger partial charge on any atom is -0.506 e. The molecule has 11 nitrogen and oxygen atoms in total. The highest BCUT2D eigenvalue weighted by Crippen LogP contribution is 2.43. The van der Waals surface area contributed by atoms with E-state index < -0.39 is 5.97 Å². The van der Waals surface area contributed by atoms with E-state index in [1.807, 2.05) is 47.6 Å². The van der Waals surface area contributed by atoms with Crippen LogP contribution in [0.15, 0.2) is 48.7 Å². The van der Waals surface area contributed by atoms with Crippen molar-refractivity contribution in [3.8, 4) is 16.9 Å². The quantitative estimate of drug-likeness (QED) is 0.145. The Balaban J connectivity index is 1.18. The van der Waals surface area contributed by atoms with Crippen LogP contribution in [-0.2, 0) is 64.1 Å². The molecule has 1 aliphatic heterocycles. The Labute approximate surface area is 302 Å². The number of hydrogen-bond donors (Lipinski definition) is 2. The van der Waals surface area contributed by atoms with Crippen molar-refractivity contribution in [1.29, 1.82) is 0 Å². The molecule has 0 radical (unpaired) electrons. The molecule has 4 aromatic heterocycles. The van der Waals surface area contributed by atoms with E-state index in [0.29, 0.717) is 42.2 Å². The monoisotopic (exact) mass is 709 g/mol. The van der Waals surface area contributed by atoms with Gasteiger partial charge in [0.15, 0.2) is 0 Å². The Morgan fingerprint density at radius 3 is 2.69 bits per heavy atom. The fourth-order valence-corrected chi connectivity index (χ4v) is 8.02. The maximum atomic E-state index is 13.1. The summed E-state index contributed by atoms with van der Waals surface area (Å²) >= 11 is 7.11. The number of esters is 1. The number of aliphatic hydroxyl groups excluding tert-OH is 1. The van der Waals surface area contributed by atoms with Crippen LogP contribution in [0.25, 0.3) is 32.9 Å². The number of benzene rings is 2. The molecule has 0 fully saturated rings. The summed E-state index contributed by atoms with van der Waals surface area (Å²) in [4.78, 5) is 19.6. The Hall–Kier alpha value is -4.71. The normalized spacial score (nSPS) is 13.1. The summed E-state index contributed by atoms with van der Waals surface area (Å²) < 4.78 is 11.2. The average molecular weight is 710 g/mol. The van der Waals surface area contributed by atoms with E-state index in [1.165, 1.54) is 7.11 Å². The van der Waals surface area contributed by atoms with Gasteiger partial charge in [-0.2, -0.15) is 10.2 Å². The van der Waals surface area contributed by atoms with Crippen molar-refractivity contribution in [2.24, 2.45) is 14.1 Å². The van der Waals surface area contributed by atoms with Gasteiger partial charge in [0.05, 0.1) is 29.0 Å². The zero-order valence-electron chi connectivity index (χ0n) is 29.6. The number of aryl methyl sites for hydroxylation is 6. The lowest BCUT2D eigenvalue weighted by atomic mass is 9.95. The number of aliphatic hydroxyl groups is 1. The zero-order chi connectivity index (χ0) is 35.8. The molecule has 2 aromatic carbocycles. The molecule has 0 unspecified atom stereocenters. The van der Waals surface area contributed by atoms with Crippen LogP contribution in [0.2, 0.25) is 5.02 Å². The first-order valence-corrected chi connectivity index (χ1v) is 17.9. The standard InChI is InChI=1S/C39H44ClN7O4/c1-44(22-26-21-27(46(3)42-26)13-12-24-19-25-9-7-16-41-36(25)33(49)20-24)23-31-35(32-11-5-6-17-47(32)43-31)34-30(40)15-14-29-28(10-8-18-48)38(39(50)51-4)45(2)37(29)34/h7,9,14-16,19-21,48-49H,5-6,8,10-13,17-18,22-23H2,1-4H3. The molecule has 51 heavy (non-hydrogen) atoms. The highest BCUT2D eigenvalue weighted by molar-refractivity contribution is 6.35. The number of aromatic nitrogens is 6. The Kier molecular flexibility index (Phi) is 9.87. The van der Waals surface area contributed by atoms with E-state index in [2.05, 4.69) is 33.7 Å². The number of fused-ring (bicyclic) bond motifs is 3. The minimum atomic E-state index is -0.414. The third-order valence-corrected chi connectivity index (χ3v) is 10.4. The summed E-state index contributed by atoms with van der Waals surface area (Å²) in [5.41, 5.74) is 9.93. The van der Waals surface area contributed by atoms with Gasteiger partial charge in [0.2, 0.25) is 0 Å². The highest BCUT2D eigenvalue weighted by atomic mass is 35.5. The van der Waals surface area contributed by atoms with Gasteiger partial charge in [-0.3, -0.25) is 19.2 Å². The second-order valence-electron chi connectivity index (χ2n) is 13.6. The van der Waals surface area contributed by atoms with Gasteiger partial charge in [0, 0.05) is 79.8 Å². The number of hydrogen-bond acceptors (Lipinski definition) is 8. The lowest BCUT2D eigenvalue weighted by Gasteiger charge is -2.18. The van der Waals surface area contributed by atoms with E-state index in [4.69, 9.17) is 26.5 Å². The molecule has 1 aliphatic rings. The number of methoxy groups -OCH3 is 1. The molecule has 6 aromatic rings. The van der Waals surface area contributed by atoms with Gasteiger partial charge in [-0.05, 0) is 93.5 Å². The molecular formula is C39H44ClN7O4. The lowest BCUT2D eigenvalue weighted by Crippen LogP contribution is -2.18. The van der Waals surface area contributed by atoms with Crippen LogP contribution in [0.4, 0.5) is 0 Å². The second kappa shape index (κ2) is 14.5. The van der Waals surface area contributed by atoms with Crippen LogP contribution in [0.3, 0.4) is 0 Å². The predicted octanol–water partition coefficient (Wildman–Crippen LogP) is 6.15. The van der Waals surface area contributed by atoms with Crippen molar-refractivity contribution in [1.82, 2.24) is 34.0 Å². The highest BCUT2D eigenvalue weighted by Gasteiger charge is 2.30. The van der Waals surface area contributed by atoms with E-state index in [0.717, 1.165) is 100.0 Å². The van der Waals surface area contributed by atoms with Crippen molar-refractivity contribution in [3.63, 3.8) is 0 Å². The molecule has 0 bridgehead atoms. The minimum absolute atomic E-state index is 0.0233. The van der Waals surface area contributed by atoms with Crippen molar-refractivity contribution < 1.29 is 19.7 Å². The van der Waals surface area contributed by atoms with Crippen molar-refractivity contribution in [2.75, 3.05) is 20.8 Å². The third-order valence-electron chi connectivity index (χ3n) is 10.1. The number of nitrogens with zero attached hydrogens (tertiary/aromatic N) is 7. The predicted molar refractivity (Wildman–Crippen MR) is 198 cm³/mol. The number of phenols is 1. The largest absolute Gasteiger partial charge is 0.506 e. The number of phenolic OH excluding ortho intramolecular Hbond substituents is 1. The van der Waals surface area contributed by atoms with Gasteiger partial charge in [-0.25, -0.2) is 4.79 Å². The molecule has 7 rings (SSSR count). The van der Waals surface area contributed by atoms with E-state index >= 15 is 0 Å². The molecule has 5 heterocycles. The van der Waals surface area contributed by atoms with Gasteiger partial charge < -0.3 is 19.5 Å². The van der Waals surface area contributed by atoms with E-state index in [1.54, 1.807) is 12.3 Å². The first kappa shape index (κ1) is 34.7. The number of rotatable bonds is 12. The smallest absolute Gasteiger partial charge is 0.354 e. The molecule has 0 amide bonds. The fraction of sp³-hybridized carbons (Fsp3) is 0.385. The number of aromatic hydroxyl groups is 1. The number of pyridine rings is 1.